The molecule has 1 N–H and O–H groups in total. The summed E-state index contributed by atoms with van der Waals surface area (Å²) >= 11 is 0. The topological polar surface area (TPSA) is 64.1 Å². The fourth-order valence-corrected chi connectivity index (χ4v) is 2.69. The minimum absolute atomic E-state index is 0.138. The van der Waals surface area contributed by atoms with E-state index < -0.39 is 0 Å². The van der Waals surface area contributed by atoms with E-state index in [1.807, 2.05) is 61.5 Å². The number of carbonyl (C=O) groups excluding carboxylic acids is 1. The number of benzene rings is 2. The number of hydrogen-bond donors (Lipinski definition) is 1. The van der Waals surface area contributed by atoms with E-state index in [0.717, 1.165) is 17.4 Å². The lowest BCUT2D eigenvalue weighted by Crippen LogP contribution is -2.26. The van der Waals surface area contributed by atoms with E-state index in [-0.39, 0.29) is 5.91 Å². The maximum Gasteiger partial charge on any atom is 0.254 e. The normalized spacial score (nSPS) is 10.8. The van der Waals surface area contributed by atoms with E-state index in [1.165, 1.54) is 0 Å². The number of rotatable bonds is 7. The van der Waals surface area contributed by atoms with E-state index in [4.69, 9.17) is 4.74 Å². The first kappa shape index (κ1) is 17.0. The number of aromatic nitrogens is 2. The van der Waals surface area contributed by atoms with Gasteiger partial charge in [-0.05, 0) is 19.4 Å². The summed E-state index contributed by atoms with van der Waals surface area (Å²) in [5, 5.41) is 12.4. The maximum absolute atomic E-state index is 12.9. The lowest BCUT2D eigenvalue weighted by molar-refractivity contribution is 0.0946. The van der Waals surface area contributed by atoms with Crippen LogP contribution in [-0.4, -0.2) is 35.9 Å². The minimum atomic E-state index is -0.138. The summed E-state index contributed by atoms with van der Waals surface area (Å²) in [4.78, 5) is 12.9. The Morgan fingerprint density at radius 2 is 1.80 bits per heavy atom. The zero-order valence-electron chi connectivity index (χ0n) is 14.2. The molecule has 1 amide bonds. The number of hydrogen-bond acceptors (Lipinski definition) is 4. The first-order valence-corrected chi connectivity index (χ1v) is 8.48. The van der Waals surface area contributed by atoms with Gasteiger partial charge in [-0.3, -0.25) is 4.79 Å². The van der Waals surface area contributed by atoms with Crippen LogP contribution in [-0.2, 0) is 4.74 Å². The van der Waals surface area contributed by atoms with Crippen molar-refractivity contribution in [3.8, 4) is 11.3 Å². The van der Waals surface area contributed by atoms with Crippen LogP contribution in [0.2, 0.25) is 0 Å². The predicted molar refractivity (Wildman–Crippen MR) is 98.4 cm³/mol. The lowest BCUT2D eigenvalue weighted by atomic mass is 10.0. The van der Waals surface area contributed by atoms with Crippen LogP contribution in [0, 0.1) is 0 Å². The zero-order valence-corrected chi connectivity index (χ0v) is 14.2. The summed E-state index contributed by atoms with van der Waals surface area (Å²) in [5.74, 6) is -0.138. The molecule has 0 radical (unpaired) electrons. The lowest BCUT2D eigenvalue weighted by Gasteiger charge is -2.12. The van der Waals surface area contributed by atoms with Crippen LogP contribution in [0.5, 0.6) is 0 Å². The van der Waals surface area contributed by atoms with E-state index in [1.54, 1.807) is 0 Å². The molecule has 0 aliphatic heterocycles. The standard InChI is InChI=1S/C20H21N3O2/c1-2-25-14-8-13-21-20(24)18-16-11-6-7-12-17(16)22-23-19(18)15-9-4-3-5-10-15/h3-7,9-12H,2,8,13-14H2,1H3,(H,21,24). The van der Waals surface area contributed by atoms with Crippen molar-refractivity contribution in [2.45, 2.75) is 13.3 Å². The molecule has 0 bridgehead atoms. The molecule has 5 nitrogen and oxygen atoms in total. The van der Waals surface area contributed by atoms with Gasteiger partial charge in [0.05, 0.1) is 11.1 Å². The Morgan fingerprint density at radius 1 is 1.04 bits per heavy atom. The van der Waals surface area contributed by atoms with Crippen molar-refractivity contribution >= 4 is 16.8 Å². The number of amides is 1. The summed E-state index contributed by atoms with van der Waals surface area (Å²) in [5.41, 5.74) is 2.75. The van der Waals surface area contributed by atoms with Gasteiger partial charge < -0.3 is 10.1 Å². The van der Waals surface area contributed by atoms with Gasteiger partial charge in [-0.25, -0.2) is 0 Å². The van der Waals surface area contributed by atoms with Gasteiger partial charge >= 0.3 is 0 Å². The van der Waals surface area contributed by atoms with Crippen LogP contribution in [0.4, 0.5) is 0 Å². The van der Waals surface area contributed by atoms with Crippen molar-refractivity contribution in [2.24, 2.45) is 0 Å². The van der Waals surface area contributed by atoms with Crippen LogP contribution in [0.15, 0.2) is 54.6 Å². The average Bonchev–Trinajstić information content (AvgIpc) is 2.67. The van der Waals surface area contributed by atoms with E-state index in [0.29, 0.717) is 36.5 Å². The molecule has 2 aromatic carbocycles. The Kier molecular flexibility index (Phi) is 5.69. The fourth-order valence-electron chi connectivity index (χ4n) is 2.69. The molecule has 0 saturated heterocycles. The molecule has 0 atom stereocenters. The summed E-state index contributed by atoms with van der Waals surface area (Å²) in [6, 6.07) is 17.2. The Labute approximate surface area is 147 Å². The Morgan fingerprint density at radius 3 is 2.60 bits per heavy atom. The number of ether oxygens (including phenoxy) is 1. The van der Waals surface area contributed by atoms with Crippen LogP contribution in [0.25, 0.3) is 22.2 Å². The van der Waals surface area contributed by atoms with Crippen molar-refractivity contribution in [1.82, 2.24) is 15.5 Å². The van der Waals surface area contributed by atoms with E-state index in [9.17, 15) is 4.79 Å². The minimum Gasteiger partial charge on any atom is -0.382 e. The Hall–Kier alpha value is -2.79. The predicted octanol–water partition coefficient (Wildman–Crippen LogP) is 3.45. The van der Waals surface area contributed by atoms with Crippen LogP contribution in [0.1, 0.15) is 23.7 Å². The second-order valence-corrected chi connectivity index (χ2v) is 5.61. The molecule has 1 aromatic heterocycles. The molecule has 5 heteroatoms. The van der Waals surface area contributed by atoms with Crippen LogP contribution in [0.3, 0.4) is 0 Å². The van der Waals surface area contributed by atoms with Crippen LogP contribution >= 0.6 is 0 Å². The maximum atomic E-state index is 12.9. The summed E-state index contributed by atoms with van der Waals surface area (Å²) in [6.07, 6.45) is 0.774. The van der Waals surface area contributed by atoms with Crippen molar-refractivity contribution in [3.63, 3.8) is 0 Å². The fraction of sp³-hybridized carbons (Fsp3) is 0.250. The van der Waals surface area contributed by atoms with Gasteiger partial charge in [-0.1, -0.05) is 48.5 Å². The highest BCUT2D eigenvalue weighted by Crippen LogP contribution is 2.26. The first-order chi connectivity index (χ1) is 12.3. The molecule has 128 valence electrons. The molecule has 25 heavy (non-hydrogen) atoms. The number of nitrogens with zero attached hydrogens (tertiary/aromatic N) is 2. The second kappa shape index (κ2) is 8.35. The van der Waals surface area contributed by atoms with Gasteiger partial charge in [0, 0.05) is 30.7 Å². The molecule has 3 aromatic rings. The molecule has 0 aliphatic carbocycles. The monoisotopic (exact) mass is 335 g/mol. The largest absolute Gasteiger partial charge is 0.382 e. The molecule has 0 spiro atoms. The summed E-state index contributed by atoms with van der Waals surface area (Å²) in [6.45, 7) is 3.84. The van der Waals surface area contributed by atoms with Gasteiger partial charge in [0.15, 0.2) is 0 Å². The van der Waals surface area contributed by atoms with Crippen molar-refractivity contribution < 1.29 is 9.53 Å². The van der Waals surface area contributed by atoms with E-state index in [2.05, 4.69) is 15.5 Å². The van der Waals surface area contributed by atoms with Crippen LogP contribution < -0.4 is 5.32 Å². The van der Waals surface area contributed by atoms with Gasteiger partial charge in [0.1, 0.15) is 5.69 Å². The van der Waals surface area contributed by atoms with E-state index >= 15 is 0 Å². The van der Waals surface area contributed by atoms with Crippen molar-refractivity contribution in [2.75, 3.05) is 19.8 Å². The molecule has 1 heterocycles. The van der Waals surface area contributed by atoms with Gasteiger partial charge in [0.25, 0.3) is 5.91 Å². The van der Waals surface area contributed by atoms with Gasteiger partial charge in [-0.15, -0.1) is 10.2 Å². The summed E-state index contributed by atoms with van der Waals surface area (Å²) in [7, 11) is 0. The first-order valence-electron chi connectivity index (χ1n) is 8.48. The molecule has 0 saturated carbocycles. The summed E-state index contributed by atoms with van der Waals surface area (Å²) < 4.78 is 5.31. The molecule has 0 aliphatic rings. The van der Waals surface area contributed by atoms with Gasteiger partial charge in [0.2, 0.25) is 0 Å². The quantitative estimate of drug-likeness (QED) is 0.672. The highest BCUT2D eigenvalue weighted by atomic mass is 16.5. The number of nitrogens with one attached hydrogen (secondary N) is 1. The van der Waals surface area contributed by atoms with Crippen molar-refractivity contribution in [1.29, 1.82) is 0 Å². The van der Waals surface area contributed by atoms with Gasteiger partial charge in [-0.2, -0.15) is 0 Å². The highest BCUT2D eigenvalue weighted by Gasteiger charge is 2.18. The average molecular weight is 335 g/mol. The third-order valence-corrected chi connectivity index (χ3v) is 3.90. The zero-order chi connectivity index (χ0) is 17.5. The Balaban J connectivity index is 1.94. The highest BCUT2D eigenvalue weighted by molar-refractivity contribution is 6.10. The van der Waals surface area contributed by atoms with Crippen molar-refractivity contribution in [3.05, 3.63) is 60.2 Å². The molecular weight excluding hydrogens is 314 g/mol. The Bertz CT molecular complexity index is 850. The smallest absolute Gasteiger partial charge is 0.254 e. The third-order valence-electron chi connectivity index (χ3n) is 3.90. The molecular formula is C20H21N3O2. The number of fused-ring (bicyclic) bond motifs is 1. The molecule has 0 unspecified atom stereocenters. The second-order valence-electron chi connectivity index (χ2n) is 5.61. The molecule has 0 fully saturated rings. The number of carbonyl (C=O) groups is 1. The third kappa shape index (κ3) is 4.00. The SMILES string of the molecule is CCOCCCNC(=O)c1c(-c2ccccc2)nnc2ccccc12. The molecule has 3 rings (SSSR count).